The van der Waals surface area contributed by atoms with Gasteiger partial charge in [-0.05, 0) is 56.9 Å². The summed E-state index contributed by atoms with van der Waals surface area (Å²) in [6.07, 6.45) is 11.7. The molecule has 3 aliphatic rings. The molecule has 0 aromatic carbocycles. The molecule has 1 heterocycles. The predicted molar refractivity (Wildman–Crippen MR) is 126 cm³/mol. The zero-order valence-corrected chi connectivity index (χ0v) is 19.6. The molecule has 0 saturated carbocycles. The molecule has 0 amide bonds. The van der Waals surface area contributed by atoms with Crippen LogP contribution in [0.25, 0.3) is 0 Å². The second kappa shape index (κ2) is 12.0. The highest BCUT2D eigenvalue weighted by Crippen LogP contribution is 2.33. The van der Waals surface area contributed by atoms with Crippen LogP contribution in [0.3, 0.4) is 0 Å². The van der Waals surface area contributed by atoms with Gasteiger partial charge in [0, 0.05) is 18.2 Å². The average Bonchev–Trinajstić information content (AvgIpc) is 2.80. The van der Waals surface area contributed by atoms with Gasteiger partial charge in [0.1, 0.15) is 18.3 Å². The van der Waals surface area contributed by atoms with Gasteiger partial charge < -0.3 is 30.5 Å². The van der Waals surface area contributed by atoms with E-state index in [0.29, 0.717) is 12.3 Å². The third kappa shape index (κ3) is 7.03. The lowest BCUT2D eigenvalue weighted by molar-refractivity contribution is -0.160. The van der Waals surface area contributed by atoms with Crippen LogP contribution < -0.4 is 5.32 Å². The number of carbonyl (C=O) groups excluding carboxylic acids is 1. The largest absolute Gasteiger partial charge is 0.462 e. The molecule has 33 heavy (non-hydrogen) atoms. The number of aliphatic hydroxyl groups is 4. The highest BCUT2D eigenvalue weighted by molar-refractivity contribution is 5.75. The van der Waals surface area contributed by atoms with E-state index < -0.39 is 42.4 Å². The summed E-state index contributed by atoms with van der Waals surface area (Å²) in [5, 5.41) is 45.0. The summed E-state index contributed by atoms with van der Waals surface area (Å²) in [7, 11) is 0. The van der Waals surface area contributed by atoms with Crippen molar-refractivity contribution in [2.75, 3.05) is 6.54 Å². The van der Waals surface area contributed by atoms with Crippen molar-refractivity contribution in [1.29, 1.82) is 0 Å². The van der Waals surface area contributed by atoms with E-state index in [4.69, 9.17) is 4.74 Å². The van der Waals surface area contributed by atoms with Crippen LogP contribution >= 0.6 is 0 Å². The summed E-state index contributed by atoms with van der Waals surface area (Å²) >= 11 is 0. The molecule has 1 aliphatic heterocycles. The number of carbonyl (C=O) groups is 1. The topological polar surface area (TPSA) is 119 Å². The number of aliphatic hydroxyl groups excluding tert-OH is 4. The molecule has 7 nitrogen and oxygen atoms in total. The Kier molecular flexibility index (Phi) is 9.32. The minimum absolute atomic E-state index is 0.117. The maximum Gasteiger partial charge on any atom is 0.312 e. The van der Waals surface area contributed by atoms with E-state index in [9.17, 15) is 25.2 Å². The van der Waals surface area contributed by atoms with Gasteiger partial charge in [0.15, 0.2) is 0 Å². The molecule has 0 saturated heterocycles. The number of hydrogen-bond donors (Lipinski definition) is 5. The van der Waals surface area contributed by atoms with Crippen LogP contribution in [0.4, 0.5) is 0 Å². The van der Waals surface area contributed by atoms with Crippen molar-refractivity contribution in [2.45, 2.75) is 76.5 Å². The van der Waals surface area contributed by atoms with Gasteiger partial charge in [-0.25, -0.2) is 0 Å². The number of cyclic esters (lactones) is 1. The van der Waals surface area contributed by atoms with E-state index in [1.165, 1.54) is 12.5 Å². The van der Waals surface area contributed by atoms with Crippen molar-refractivity contribution in [1.82, 2.24) is 5.32 Å². The number of nitrogens with one attached hydrogen (secondary N) is 1. The second-order valence-corrected chi connectivity index (χ2v) is 9.67. The first-order chi connectivity index (χ1) is 15.8. The highest BCUT2D eigenvalue weighted by atomic mass is 16.5. The van der Waals surface area contributed by atoms with Crippen molar-refractivity contribution < 1.29 is 30.0 Å². The molecule has 0 aromatic heterocycles. The minimum atomic E-state index is -1.33. The first kappa shape index (κ1) is 25.7. The first-order valence-electron chi connectivity index (χ1n) is 12.1. The third-order valence-corrected chi connectivity index (χ3v) is 7.03. The number of allylic oxidation sites excluding steroid dienone is 3. The Labute approximate surface area is 196 Å². The van der Waals surface area contributed by atoms with Crippen LogP contribution in [0.1, 0.15) is 46.0 Å². The van der Waals surface area contributed by atoms with Crippen molar-refractivity contribution in [3.63, 3.8) is 0 Å². The van der Waals surface area contributed by atoms with Gasteiger partial charge >= 0.3 is 5.97 Å². The number of esters is 1. The molecule has 0 radical (unpaired) electrons. The zero-order chi connectivity index (χ0) is 24.0. The lowest BCUT2D eigenvalue weighted by Crippen LogP contribution is -2.41. The van der Waals surface area contributed by atoms with E-state index in [1.54, 1.807) is 25.2 Å². The number of rotatable bonds is 3. The molecule has 7 heteroatoms. The van der Waals surface area contributed by atoms with Gasteiger partial charge in [0.2, 0.25) is 0 Å². The number of ether oxygens (including phenoxy) is 1. The summed E-state index contributed by atoms with van der Waals surface area (Å²) in [4.78, 5) is 13.0. The molecule has 3 rings (SSSR count). The first-order valence-corrected chi connectivity index (χ1v) is 12.1. The molecular weight excluding hydrogens is 422 g/mol. The quantitative estimate of drug-likeness (QED) is 0.322. The van der Waals surface area contributed by atoms with E-state index >= 15 is 0 Å². The van der Waals surface area contributed by atoms with Gasteiger partial charge in [-0.3, -0.25) is 4.79 Å². The third-order valence-electron chi connectivity index (χ3n) is 7.03. The normalized spacial score (nSPS) is 42.3. The molecular formula is C26H39NO6. The molecule has 0 fully saturated rings. The van der Waals surface area contributed by atoms with Gasteiger partial charge in [0.25, 0.3) is 0 Å². The summed E-state index contributed by atoms with van der Waals surface area (Å²) in [5.74, 6) is -1.30. The Morgan fingerprint density at radius 1 is 1.03 bits per heavy atom. The van der Waals surface area contributed by atoms with E-state index in [-0.39, 0.29) is 18.3 Å². The molecule has 9 atom stereocenters. The minimum Gasteiger partial charge on any atom is -0.462 e. The summed E-state index contributed by atoms with van der Waals surface area (Å²) < 4.78 is 5.68. The van der Waals surface area contributed by atoms with E-state index in [2.05, 4.69) is 17.5 Å². The predicted octanol–water partition coefficient (Wildman–Crippen LogP) is 1.98. The van der Waals surface area contributed by atoms with Crippen molar-refractivity contribution >= 4 is 5.97 Å². The van der Waals surface area contributed by atoms with Gasteiger partial charge in [-0.1, -0.05) is 43.4 Å². The van der Waals surface area contributed by atoms with Crippen molar-refractivity contribution in [3.05, 3.63) is 48.2 Å². The van der Waals surface area contributed by atoms with Crippen molar-refractivity contribution in [3.8, 4) is 0 Å². The van der Waals surface area contributed by atoms with E-state index in [1.807, 2.05) is 13.0 Å². The smallest absolute Gasteiger partial charge is 0.312 e. The fraction of sp³-hybridized carbons (Fsp3) is 0.654. The lowest BCUT2D eigenvalue weighted by Gasteiger charge is -2.34. The SMILES string of the molecule is CC1OC(=O)[C@@H]2C(O)C=C(NC[C@H]3C=CCCC3)CC2/C=C/CC(O)C(O)C(O)/C=C\[C@H]1C. The zero-order valence-electron chi connectivity index (χ0n) is 19.6. The van der Waals surface area contributed by atoms with Crippen LogP contribution in [0.15, 0.2) is 48.2 Å². The molecule has 6 unspecified atom stereocenters. The van der Waals surface area contributed by atoms with Crippen LogP contribution in [0.5, 0.6) is 0 Å². The Balaban J connectivity index is 1.78. The lowest BCUT2D eigenvalue weighted by atomic mass is 9.79. The molecule has 2 aliphatic carbocycles. The Hall–Kier alpha value is -1.93. The Morgan fingerprint density at radius 2 is 1.82 bits per heavy atom. The maximum absolute atomic E-state index is 13.0. The molecule has 5 N–H and O–H groups in total. The van der Waals surface area contributed by atoms with E-state index in [0.717, 1.165) is 25.1 Å². The van der Waals surface area contributed by atoms with Crippen LogP contribution in [-0.2, 0) is 9.53 Å². The number of fused-ring (bicyclic) bond motifs is 1. The fourth-order valence-corrected chi connectivity index (χ4v) is 4.65. The maximum atomic E-state index is 13.0. The van der Waals surface area contributed by atoms with Crippen LogP contribution in [0.2, 0.25) is 0 Å². The highest BCUT2D eigenvalue weighted by Gasteiger charge is 2.39. The van der Waals surface area contributed by atoms with Crippen LogP contribution in [-0.4, -0.2) is 63.5 Å². The fourth-order valence-electron chi connectivity index (χ4n) is 4.65. The average molecular weight is 462 g/mol. The Morgan fingerprint density at radius 3 is 2.55 bits per heavy atom. The molecule has 0 aromatic rings. The molecule has 184 valence electrons. The summed E-state index contributed by atoms with van der Waals surface area (Å²) in [6, 6.07) is 0. The van der Waals surface area contributed by atoms with Crippen LogP contribution in [0, 0.1) is 23.7 Å². The summed E-state index contributed by atoms with van der Waals surface area (Å²) in [5.41, 5.74) is 0.890. The van der Waals surface area contributed by atoms with Crippen molar-refractivity contribution in [2.24, 2.45) is 23.7 Å². The monoisotopic (exact) mass is 461 g/mol. The summed E-state index contributed by atoms with van der Waals surface area (Å²) in [6.45, 7) is 4.38. The Bertz CT molecular complexity index is 775. The molecule has 0 spiro atoms. The molecule has 0 bridgehead atoms. The standard InChI is InChI=1S/C26H39NO6/c1-16-11-12-22(29)25(31)21(28)10-6-9-19-13-20(27-15-18-7-4-3-5-8-18)14-23(30)24(19)26(32)33-17(16)2/h4,6-7,9,11-12,14,16-19,21-25,27-31H,3,5,8,10,13,15H2,1-2H3/b9-6+,12-11-/t16-,17?,18+,19?,21?,22?,23?,24+,25?/m1/s1. The van der Waals surface area contributed by atoms with Gasteiger partial charge in [-0.2, -0.15) is 0 Å². The number of hydrogen-bond acceptors (Lipinski definition) is 7. The second-order valence-electron chi connectivity index (χ2n) is 9.67. The van der Waals surface area contributed by atoms with Gasteiger partial charge in [-0.15, -0.1) is 0 Å². The van der Waals surface area contributed by atoms with Gasteiger partial charge in [0.05, 0.1) is 18.1 Å².